The van der Waals surface area contributed by atoms with Crippen molar-refractivity contribution < 1.29 is 23.9 Å². The molecule has 1 aliphatic heterocycles. The molecule has 2 aliphatic rings. The molecule has 28 heavy (non-hydrogen) atoms. The second-order valence-electron chi connectivity index (χ2n) is 6.76. The van der Waals surface area contributed by atoms with Crippen molar-refractivity contribution >= 4 is 35.3 Å². The topological polar surface area (TPSA) is 92.8 Å². The minimum Gasteiger partial charge on any atom is -0.456 e. The number of ether oxygens (including phenoxy) is 1. The van der Waals surface area contributed by atoms with Crippen molar-refractivity contribution in [3.63, 3.8) is 0 Å². The number of imide groups is 1. The molecule has 0 aromatic heterocycles. The van der Waals surface area contributed by atoms with Crippen molar-refractivity contribution in [1.82, 2.24) is 10.2 Å². The first-order valence-corrected chi connectivity index (χ1v) is 9.51. The number of nitrogens with zero attached hydrogens (tertiary/aromatic N) is 1. The highest BCUT2D eigenvalue weighted by molar-refractivity contribution is 6.31. The predicted molar refractivity (Wildman–Crippen MR) is 101 cm³/mol. The van der Waals surface area contributed by atoms with Gasteiger partial charge in [0.1, 0.15) is 0 Å². The maximum absolute atomic E-state index is 12.3. The van der Waals surface area contributed by atoms with Gasteiger partial charge in [-0.25, -0.2) is 0 Å². The van der Waals surface area contributed by atoms with Gasteiger partial charge in [-0.15, -0.1) is 0 Å². The van der Waals surface area contributed by atoms with Gasteiger partial charge in [0.2, 0.25) is 11.8 Å². The Kier molecular flexibility index (Phi) is 6.46. The van der Waals surface area contributed by atoms with Crippen molar-refractivity contribution in [2.75, 3.05) is 13.2 Å². The van der Waals surface area contributed by atoms with Crippen LogP contribution in [-0.4, -0.2) is 41.7 Å². The first kappa shape index (κ1) is 20.1. The Labute approximate surface area is 167 Å². The molecule has 0 spiro atoms. The average Bonchev–Trinajstić information content (AvgIpc) is 2.94. The lowest BCUT2D eigenvalue weighted by molar-refractivity contribution is -0.150. The van der Waals surface area contributed by atoms with E-state index in [2.05, 4.69) is 5.32 Å². The zero-order valence-corrected chi connectivity index (χ0v) is 16.0. The summed E-state index contributed by atoms with van der Waals surface area (Å²) in [6.07, 6.45) is 4.79. The monoisotopic (exact) mass is 404 g/mol. The third kappa shape index (κ3) is 4.59. The number of halogens is 1. The summed E-state index contributed by atoms with van der Waals surface area (Å²) in [6, 6.07) is 7.10. The number of amides is 3. The molecule has 0 bridgehead atoms. The highest BCUT2D eigenvalue weighted by Crippen LogP contribution is 2.34. The minimum atomic E-state index is -0.638. The van der Waals surface area contributed by atoms with Crippen LogP contribution < -0.4 is 5.32 Å². The standard InChI is InChI=1S/C20H21ClN2O5/c21-16-8-4-1-5-13(16)11-22-17(24)12-28-18(25)9-10-23-19(26)14-6-2-3-7-15(14)20(23)27/h1-5,8,14-15H,6-7,9-12H2,(H,22,24)/t14-,15-/m1/s1. The molecule has 1 saturated heterocycles. The summed E-state index contributed by atoms with van der Waals surface area (Å²) in [4.78, 5) is 49.5. The molecule has 2 atom stereocenters. The smallest absolute Gasteiger partial charge is 0.308 e. The van der Waals surface area contributed by atoms with Crippen LogP contribution in [0, 0.1) is 11.8 Å². The Bertz CT molecular complexity index is 797. The van der Waals surface area contributed by atoms with Crippen LogP contribution in [0.1, 0.15) is 24.8 Å². The molecular weight excluding hydrogens is 384 g/mol. The Morgan fingerprint density at radius 2 is 1.75 bits per heavy atom. The molecule has 1 fully saturated rings. The van der Waals surface area contributed by atoms with E-state index in [1.54, 1.807) is 24.3 Å². The van der Waals surface area contributed by atoms with Gasteiger partial charge >= 0.3 is 5.97 Å². The summed E-state index contributed by atoms with van der Waals surface area (Å²) in [5.74, 6) is -2.19. The molecule has 0 saturated carbocycles. The summed E-state index contributed by atoms with van der Waals surface area (Å²) >= 11 is 6.01. The fourth-order valence-electron chi connectivity index (χ4n) is 3.40. The van der Waals surface area contributed by atoms with Crippen LogP contribution in [0.15, 0.2) is 36.4 Å². The fraction of sp³-hybridized carbons (Fsp3) is 0.400. The Morgan fingerprint density at radius 1 is 1.11 bits per heavy atom. The molecular formula is C20H21ClN2O5. The fourth-order valence-corrected chi connectivity index (χ4v) is 3.60. The number of rotatable bonds is 7. The number of likely N-dealkylation sites (tertiary alicyclic amines) is 1. The lowest BCUT2D eigenvalue weighted by Gasteiger charge is -2.14. The third-order valence-corrected chi connectivity index (χ3v) is 5.31. The number of fused-ring (bicyclic) bond motifs is 1. The first-order valence-electron chi connectivity index (χ1n) is 9.13. The van der Waals surface area contributed by atoms with Crippen LogP contribution in [-0.2, 0) is 30.5 Å². The normalized spacial score (nSPS) is 20.8. The maximum Gasteiger partial charge on any atom is 0.308 e. The quantitative estimate of drug-likeness (QED) is 0.425. The van der Waals surface area contributed by atoms with E-state index >= 15 is 0 Å². The number of benzene rings is 1. The maximum atomic E-state index is 12.3. The molecule has 3 rings (SSSR count). The van der Waals surface area contributed by atoms with Gasteiger partial charge in [-0.05, 0) is 24.5 Å². The molecule has 1 aromatic carbocycles. The van der Waals surface area contributed by atoms with Crippen LogP contribution in [0.25, 0.3) is 0 Å². The predicted octanol–water partition coefficient (Wildman–Crippen LogP) is 1.84. The van der Waals surface area contributed by atoms with Crippen LogP contribution in [0.4, 0.5) is 0 Å². The zero-order valence-electron chi connectivity index (χ0n) is 15.2. The summed E-state index contributed by atoms with van der Waals surface area (Å²) in [6.45, 7) is -0.227. The number of esters is 1. The van der Waals surface area contributed by atoms with Crippen LogP contribution in [0.3, 0.4) is 0 Å². The van der Waals surface area contributed by atoms with Crippen molar-refractivity contribution in [2.24, 2.45) is 11.8 Å². The first-order chi connectivity index (χ1) is 13.5. The number of allylic oxidation sites excluding steroid dienone is 2. The van der Waals surface area contributed by atoms with E-state index in [4.69, 9.17) is 16.3 Å². The summed E-state index contributed by atoms with van der Waals surface area (Å²) in [5.41, 5.74) is 0.755. The van der Waals surface area contributed by atoms with Crippen molar-refractivity contribution in [1.29, 1.82) is 0 Å². The SMILES string of the molecule is O=C(COC(=O)CCN1C(=O)[C@@H]2CC=CC[C@H]2C1=O)NCc1ccccc1Cl. The third-order valence-electron chi connectivity index (χ3n) is 4.94. The summed E-state index contributed by atoms with van der Waals surface area (Å²) in [5, 5.41) is 3.15. The lowest BCUT2D eigenvalue weighted by atomic mass is 9.85. The number of nitrogens with one attached hydrogen (secondary N) is 1. The largest absolute Gasteiger partial charge is 0.456 e. The van der Waals surface area contributed by atoms with E-state index < -0.39 is 18.5 Å². The van der Waals surface area contributed by atoms with Gasteiger partial charge in [-0.2, -0.15) is 0 Å². The van der Waals surface area contributed by atoms with E-state index in [9.17, 15) is 19.2 Å². The van der Waals surface area contributed by atoms with Crippen LogP contribution >= 0.6 is 11.6 Å². The Balaban J connectivity index is 1.39. The van der Waals surface area contributed by atoms with Crippen molar-refractivity contribution in [3.05, 3.63) is 47.0 Å². The van der Waals surface area contributed by atoms with Crippen LogP contribution in [0.2, 0.25) is 5.02 Å². The van der Waals surface area contributed by atoms with E-state index in [1.165, 1.54) is 0 Å². The molecule has 8 heteroatoms. The van der Waals surface area contributed by atoms with Gasteiger partial charge in [-0.3, -0.25) is 24.1 Å². The molecule has 148 valence electrons. The Morgan fingerprint density at radius 3 is 2.39 bits per heavy atom. The van der Waals surface area contributed by atoms with Gasteiger partial charge < -0.3 is 10.1 Å². The van der Waals surface area contributed by atoms with Gasteiger partial charge in [0.05, 0.1) is 18.3 Å². The highest BCUT2D eigenvalue weighted by atomic mass is 35.5. The van der Waals surface area contributed by atoms with Crippen molar-refractivity contribution in [2.45, 2.75) is 25.8 Å². The van der Waals surface area contributed by atoms with Gasteiger partial charge in [0.25, 0.3) is 5.91 Å². The van der Waals surface area contributed by atoms with Crippen LogP contribution in [0.5, 0.6) is 0 Å². The van der Waals surface area contributed by atoms with Gasteiger partial charge in [0, 0.05) is 18.1 Å². The van der Waals surface area contributed by atoms with E-state index in [0.717, 1.165) is 10.5 Å². The molecule has 0 radical (unpaired) electrons. The second kappa shape index (κ2) is 9.01. The zero-order chi connectivity index (χ0) is 20.1. The molecule has 3 amide bonds. The molecule has 1 heterocycles. The lowest BCUT2D eigenvalue weighted by Crippen LogP contribution is -2.34. The molecule has 1 aromatic rings. The molecule has 1 N–H and O–H groups in total. The number of hydrogen-bond acceptors (Lipinski definition) is 5. The number of carbonyl (C=O) groups excluding carboxylic acids is 4. The Hall–Kier alpha value is -2.67. The number of carbonyl (C=O) groups is 4. The van der Waals surface area contributed by atoms with Gasteiger partial charge in [0.15, 0.2) is 6.61 Å². The second-order valence-corrected chi connectivity index (χ2v) is 7.17. The molecule has 0 unspecified atom stereocenters. The minimum absolute atomic E-state index is 0.0231. The summed E-state index contributed by atoms with van der Waals surface area (Å²) < 4.78 is 4.93. The van der Waals surface area contributed by atoms with E-state index in [1.807, 2.05) is 12.2 Å². The number of hydrogen-bond donors (Lipinski definition) is 1. The molecule has 1 aliphatic carbocycles. The van der Waals surface area contributed by atoms with E-state index in [-0.39, 0.29) is 43.2 Å². The van der Waals surface area contributed by atoms with E-state index in [0.29, 0.717) is 17.9 Å². The summed E-state index contributed by atoms with van der Waals surface area (Å²) in [7, 11) is 0. The molecule has 7 nitrogen and oxygen atoms in total. The highest BCUT2D eigenvalue weighted by Gasteiger charge is 2.46. The average molecular weight is 405 g/mol. The van der Waals surface area contributed by atoms with Crippen molar-refractivity contribution in [3.8, 4) is 0 Å². The van der Waals surface area contributed by atoms with Gasteiger partial charge in [-0.1, -0.05) is 42.0 Å².